The van der Waals surface area contributed by atoms with E-state index in [2.05, 4.69) is 5.32 Å². The number of carbonyl (C=O) groups is 2. The van der Waals surface area contributed by atoms with Gasteiger partial charge in [-0.1, -0.05) is 42.5 Å². The van der Waals surface area contributed by atoms with E-state index in [0.717, 1.165) is 17.1 Å². The Morgan fingerprint density at radius 1 is 1.08 bits per heavy atom. The van der Waals surface area contributed by atoms with Crippen LogP contribution in [0.5, 0.6) is 0 Å². The van der Waals surface area contributed by atoms with Gasteiger partial charge in [0.15, 0.2) is 6.61 Å². The van der Waals surface area contributed by atoms with Crippen LogP contribution in [-0.2, 0) is 9.53 Å². The van der Waals surface area contributed by atoms with Gasteiger partial charge in [0.2, 0.25) is 0 Å². The lowest BCUT2D eigenvalue weighted by Gasteiger charge is -2.14. The predicted molar refractivity (Wildman–Crippen MR) is 107 cm³/mol. The molecule has 1 aliphatic heterocycles. The molecule has 0 bridgehead atoms. The molecule has 0 aliphatic carbocycles. The predicted octanol–water partition coefficient (Wildman–Crippen LogP) is 4.20. The zero-order valence-corrected chi connectivity index (χ0v) is 16.1. The molecule has 6 heteroatoms. The third kappa shape index (κ3) is 5.05. The van der Waals surface area contributed by atoms with Crippen molar-refractivity contribution >= 4 is 35.4 Å². The lowest BCUT2D eigenvalue weighted by Crippen LogP contribution is -2.31. The number of amides is 1. The van der Waals surface area contributed by atoms with Crippen LogP contribution in [0.25, 0.3) is 0 Å². The van der Waals surface area contributed by atoms with Gasteiger partial charge < -0.3 is 10.1 Å². The molecule has 1 N–H and O–H groups in total. The van der Waals surface area contributed by atoms with Crippen molar-refractivity contribution in [3.8, 4) is 0 Å². The normalized spacial score (nSPS) is 15.4. The number of rotatable bonds is 6. The molecule has 136 valence electrons. The fraction of sp³-hybridized carbons (Fsp3) is 0.300. The average Bonchev–Trinajstić information content (AvgIpc) is 3.21. The average molecular weight is 388 g/mol. The quantitative estimate of drug-likeness (QED) is 0.753. The number of nitrogens with one attached hydrogen (secondary N) is 1. The smallest absolute Gasteiger partial charge is 0.338 e. The Bertz CT molecular complexity index is 743. The minimum atomic E-state index is -0.481. The van der Waals surface area contributed by atoms with Gasteiger partial charge in [0.25, 0.3) is 5.91 Å². The summed E-state index contributed by atoms with van der Waals surface area (Å²) in [6.07, 6.45) is 0. The summed E-state index contributed by atoms with van der Waals surface area (Å²) < 4.78 is 5.58. The maximum absolute atomic E-state index is 12.1. The molecule has 1 fully saturated rings. The van der Waals surface area contributed by atoms with E-state index in [1.165, 1.54) is 5.56 Å². The lowest BCUT2D eigenvalue weighted by atomic mass is 10.1. The summed E-state index contributed by atoms with van der Waals surface area (Å²) in [7, 11) is 0. The second-order valence-corrected chi connectivity index (χ2v) is 8.70. The van der Waals surface area contributed by atoms with Gasteiger partial charge in [-0.05, 0) is 30.2 Å². The van der Waals surface area contributed by atoms with Crippen LogP contribution in [0.3, 0.4) is 0 Å². The van der Waals surface area contributed by atoms with E-state index in [0.29, 0.717) is 10.1 Å². The first-order valence-electron chi connectivity index (χ1n) is 8.48. The monoisotopic (exact) mass is 387 g/mol. The first kappa shape index (κ1) is 18.9. The van der Waals surface area contributed by atoms with Gasteiger partial charge in [-0.15, -0.1) is 23.5 Å². The van der Waals surface area contributed by atoms with Gasteiger partial charge in [-0.2, -0.15) is 0 Å². The number of benzene rings is 2. The van der Waals surface area contributed by atoms with E-state index in [1.807, 2.05) is 72.9 Å². The summed E-state index contributed by atoms with van der Waals surface area (Å²) in [5.74, 6) is 1.53. The van der Waals surface area contributed by atoms with Crippen LogP contribution in [0.2, 0.25) is 0 Å². The number of thioether (sulfide) groups is 2. The molecule has 0 spiro atoms. The van der Waals surface area contributed by atoms with Crippen LogP contribution < -0.4 is 5.32 Å². The molecule has 1 saturated heterocycles. The topological polar surface area (TPSA) is 55.4 Å². The van der Waals surface area contributed by atoms with Crippen molar-refractivity contribution in [3.63, 3.8) is 0 Å². The van der Waals surface area contributed by atoms with Crippen molar-refractivity contribution in [2.75, 3.05) is 18.1 Å². The van der Waals surface area contributed by atoms with Crippen molar-refractivity contribution in [3.05, 3.63) is 71.3 Å². The molecule has 0 unspecified atom stereocenters. The molecule has 26 heavy (non-hydrogen) atoms. The molecule has 3 rings (SSSR count). The highest BCUT2D eigenvalue weighted by atomic mass is 32.2. The third-order valence-corrected chi connectivity index (χ3v) is 7.16. The molecular weight excluding hydrogens is 366 g/mol. The lowest BCUT2D eigenvalue weighted by molar-refractivity contribution is -0.124. The maximum atomic E-state index is 12.1. The summed E-state index contributed by atoms with van der Waals surface area (Å²) >= 11 is 3.84. The summed E-state index contributed by atoms with van der Waals surface area (Å²) in [4.78, 5) is 24.1. The third-order valence-electron chi connectivity index (χ3n) is 4.05. The molecule has 0 saturated carbocycles. The minimum absolute atomic E-state index is 0.136. The Kier molecular flexibility index (Phi) is 6.63. The number of hydrogen-bond donors (Lipinski definition) is 1. The highest BCUT2D eigenvalue weighted by molar-refractivity contribution is 8.19. The van der Waals surface area contributed by atoms with Crippen molar-refractivity contribution < 1.29 is 14.3 Å². The second-order valence-electron chi connectivity index (χ2n) is 5.97. The van der Waals surface area contributed by atoms with E-state index >= 15 is 0 Å². The Labute approximate surface area is 162 Å². The first-order valence-corrected chi connectivity index (χ1v) is 10.6. The van der Waals surface area contributed by atoms with Crippen molar-refractivity contribution in [2.45, 2.75) is 17.5 Å². The van der Waals surface area contributed by atoms with Crippen LogP contribution in [0.4, 0.5) is 0 Å². The number of carbonyl (C=O) groups excluding carboxylic acids is 2. The van der Waals surface area contributed by atoms with Crippen molar-refractivity contribution in [1.29, 1.82) is 0 Å². The maximum Gasteiger partial charge on any atom is 0.338 e. The number of hydrogen-bond acceptors (Lipinski definition) is 5. The van der Waals surface area contributed by atoms with Crippen LogP contribution >= 0.6 is 23.5 Å². The van der Waals surface area contributed by atoms with Crippen molar-refractivity contribution in [1.82, 2.24) is 5.32 Å². The van der Waals surface area contributed by atoms with E-state index in [4.69, 9.17) is 4.74 Å². The summed E-state index contributed by atoms with van der Waals surface area (Å²) in [6, 6.07) is 17.0. The molecule has 0 radical (unpaired) electrons. The minimum Gasteiger partial charge on any atom is -0.452 e. The fourth-order valence-corrected chi connectivity index (χ4v) is 5.51. The number of ether oxygens (including phenoxy) is 1. The van der Waals surface area contributed by atoms with E-state index < -0.39 is 5.97 Å². The molecule has 1 heterocycles. The first-order chi connectivity index (χ1) is 12.6. The molecule has 2 aromatic rings. The summed E-state index contributed by atoms with van der Waals surface area (Å²) in [5, 5.41) is 2.83. The fourth-order valence-electron chi connectivity index (χ4n) is 2.65. The molecular formula is C20H21NO3S2. The van der Waals surface area contributed by atoms with Gasteiger partial charge in [-0.25, -0.2) is 4.79 Å². The highest BCUT2D eigenvalue weighted by Crippen LogP contribution is 2.45. The largest absolute Gasteiger partial charge is 0.452 e. The standard InChI is InChI=1S/C20H21NO3S2/c1-14(15-5-3-2-4-6-15)21-18(22)13-24-19(23)16-7-9-17(10-8-16)20-25-11-12-26-20/h2-10,14,20H,11-13H2,1H3,(H,21,22)/t14-/m1/s1. The van der Waals surface area contributed by atoms with E-state index in [1.54, 1.807) is 12.1 Å². The van der Waals surface area contributed by atoms with Gasteiger partial charge in [0.05, 0.1) is 16.2 Å². The Morgan fingerprint density at radius 2 is 1.73 bits per heavy atom. The molecule has 1 amide bonds. The summed E-state index contributed by atoms with van der Waals surface area (Å²) in [5.41, 5.74) is 2.68. The van der Waals surface area contributed by atoms with Gasteiger partial charge in [0, 0.05) is 11.5 Å². The van der Waals surface area contributed by atoms with Crippen LogP contribution in [-0.4, -0.2) is 30.0 Å². The Morgan fingerprint density at radius 3 is 2.38 bits per heavy atom. The van der Waals surface area contributed by atoms with Crippen LogP contribution in [0.15, 0.2) is 54.6 Å². The van der Waals surface area contributed by atoms with Gasteiger partial charge >= 0.3 is 5.97 Å². The Balaban J connectivity index is 1.48. The highest BCUT2D eigenvalue weighted by Gasteiger charge is 2.19. The zero-order valence-electron chi connectivity index (χ0n) is 14.5. The second kappa shape index (κ2) is 9.14. The Hall–Kier alpha value is -1.92. The zero-order chi connectivity index (χ0) is 18.4. The van der Waals surface area contributed by atoms with E-state index in [-0.39, 0.29) is 18.6 Å². The van der Waals surface area contributed by atoms with Crippen LogP contribution in [0.1, 0.15) is 39.0 Å². The number of esters is 1. The molecule has 2 aromatic carbocycles. The van der Waals surface area contributed by atoms with Crippen LogP contribution in [0, 0.1) is 0 Å². The SMILES string of the molecule is C[C@@H](NC(=O)COC(=O)c1ccc(C2SCCS2)cc1)c1ccccc1. The molecule has 1 atom stereocenters. The molecule has 4 nitrogen and oxygen atoms in total. The molecule has 0 aromatic heterocycles. The van der Waals surface area contributed by atoms with Crippen molar-refractivity contribution in [2.24, 2.45) is 0 Å². The van der Waals surface area contributed by atoms with Gasteiger partial charge in [0.1, 0.15) is 0 Å². The summed E-state index contributed by atoms with van der Waals surface area (Å²) in [6.45, 7) is 1.61. The van der Waals surface area contributed by atoms with Gasteiger partial charge in [-0.3, -0.25) is 4.79 Å². The van der Waals surface area contributed by atoms with E-state index in [9.17, 15) is 9.59 Å². The molecule has 1 aliphatic rings.